The second-order valence-corrected chi connectivity index (χ2v) is 4.41. The molecule has 0 aliphatic heterocycles. The molecule has 0 radical (unpaired) electrons. The number of H-pyrrole nitrogens is 1. The van der Waals surface area contributed by atoms with E-state index < -0.39 is 0 Å². The summed E-state index contributed by atoms with van der Waals surface area (Å²) in [6.45, 7) is 0. The number of hydrogen-bond donors (Lipinski definition) is 3. The third-order valence-corrected chi connectivity index (χ3v) is 2.92. The summed E-state index contributed by atoms with van der Waals surface area (Å²) >= 11 is 0. The van der Waals surface area contributed by atoms with Crippen molar-refractivity contribution >= 4 is 17.6 Å². The highest BCUT2D eigenvalue weighted by Gasteiger charge is 2.17. The summed E-state index contributed by atoms with van der Waals surface area (Å²) in [5.74, 6) is 0.416. The van der Waals surface area contributed by atoms with Crippen LogP contribution in [0.3, 0.4) is 0 Å². The quantitative estimate of drug-likeness (QED) is 0.632. The SMILES string of the molecule is Nc1nc(Nc2ccccc2)[n+](-c2ccccc2)c(=O)[nH]1. The lowest BCUT2D eigenvalue weighted by atomic mass is 10.3. The van der Waals surface area contributed by atoms with Gasteiger partial charge < -0.3 is 5.73 Å². The van der Waals surface area contributed by atoms with E-state index in [2.05, 4.69) is 15.3 Å². The lowest BCUT2D eigenvalue weighted by molar-refractivity contribution is -0.602. The molecule has 0 aliphatic carbocycles. The maximum Gasteiger partial charge on any atom is 0.422 e. The second kappa shape index (κ2) is 5.46. The summed E-state index contributed by atoms with van der Waals surface area (Å²) in [5, 5.41) is 3.10. The molecule has 3 rings (SSSR count). The number of anilines is 3. The maximum atomic E-state index is 12.2. The second-order valence-electron chi connectivity index (χ2n) is 4.41. The Kier molecular flexibility index (Phi) is 3.34. The lowest BCUT2D eigenvalue weighted by Crippen LogP contribution is -2.51. The van der Waals surface area contributed by atoms with Crippen molar-refractivity contribution in [2.24, 2.45) is 0 Å². The largest absolute Gasteiger partial charge is 0.422 e. The van der Waals surface area contributed by atoms with Crippen LogP contribution in [0, 0.1) is 0 Å². The number of nitrogens with zero attached hydrogens (tertiary/aromatic N) is 2. The molecule has 0 saturated heterocycles. The summed E-state index contributed by atoms with van der Waals surface area (Å²) < 4.78 is 1.43. The Bertz CT molecular complexity index is 799. The number of hydrogen-bond acceptors (Lipinski definition) is 4. The van der Waals surface area contributed by atoms with Gasteiger partial charge in [0.2, 0.25) is 0 Å². The number of nitrogens with two attached hydrogens (primary N) is 1. The summed E-state index contributed by atoms with van der Waals surface area (Å²) in [5.41, 5.74) is 6.80. The molecule has 0 fully saturated rings. The molecule has 1 heterocycles. The van der Waals surface area contributed by atoms with Crippen LogP contribution in [0.15, 0.2) is 65.5 Å². The molecule has 104 valence electrons. The third-order valence-electron chi connectivity index (χ3n) is 2.92. The average molecular weight is 280 g/mol. The van der Waals surface area contributed by atoms with Crippen LogP contribution in [0.25, 0.3) is 5.69 Å². The van der Waals surface area contributed by atoms with Gasteiger partial charge in [0, 0.05) is 0 Å². The van der Waals surface area contributed by atoms with Crippen LogP contribution in [-0.4, -0.2) is 9.97 Å². The van der Waals surface area contributed by atoms with Crippen molar-refractivity contribution in [1.82, 2.24) is 9.97 Å². The van der Waals surface area contributed by atoms with Gasteiger partial charge in [0.15, 0.2) is 0 Å². The Balaban J connectivity index is 2.13. The fraction of sp³-hybridized carbons (Fsp3) is 0. The van der Waals surface area contributed by atoms with E-state index in [0.29, 0.717) is 11.6 Å². The molecule has 0 bridgehead atoms. The van der Waals surface area contributed by atoms with Gasteiger partial charge in [-0.05, 0) is 24.3 Å². The van der Waals surface area contributed by atoms with Gasteiger partial charge in [0.05, 0.1) is 11.4 Å². The predicted octanol–water partition coefficient (Wildman–Crippen LogP) is 1.37. The molecular formula is C15H14N5O+. The topological polar surface area (TPSA) is 87.7 Å². The van der Waals surface area contributed by atoms with Crippen LogP contribution in [0.4, 0.5) is 17.6 Å². The highest BCUT2D eigenvalue weighted by Crippen LogP contribution is 2.11. The zero-order valence-electron chi connectivity index (χ0n) is 11.2. The number of rotatable bonds is 3. The molecule has 4 N–H and O–H groups in total. The maximum absolute atomic E-state index is 12.2. The van der Waals surface area contributed by atoms with E-state index in [1.165, 1.54) is 4.57 Å². The van der Waals surface area contributed by atoms with E-state index in [0.717, 1.165) is 5.69 Å². The molecule has 21 heavy (non-hydrogen) atoms. The lowest BCUT2D eigenvalue weighted by Gasteiger charge is -2.06. The summed E-state index contributed by atoms with van der Waals surface area (Å²) in [7, 11) is 0. The predicted molar refractivity (Wildman–Crippen MR) is 80.5 cm³/mol. The first kappa shape index (κ1) is 12.9. The van der Waals surface area contributed by atoms with Crippen molar-refractivity contribution in [3.05, 3.63) is 71.1 Å². The fourth-order valence-corrected chi connectivity index (χ4v) is 2.00. The van der Waals surface area contributed by atoms with Crippen LogP contribution >= 0.6 is 0 Å². The molecule has 0 spiro atoms. The molecule has 0 unspecified atom stereocenters. The van der Waals surface area contributed by atoms with Crippen LogP contribution in [0.5, 0.6) is 0 Å². The first-order chi connectivity index (χ1) is 10.2. The Morgan fingerprint density at radius 3 is 2.29 bits per heavy atom. The molecule has 2 aromatic carbocycles. The smallest absolute Gasteiger partial charge is 0.349 e. The van der Waals surface area contributed by atoms with E-state index >= 15 is 0 Å². The van der Waals surface area contributed by atoms with Crippen molar-refractivity contribution in [2.75, 3.05) is 11.1 Å². The van der Waals surface area contributed by atoms with Crippen molar-refractivity contribution in [1.29, 1.82) is 0 Å². The van der Waals surface area contributed by atoms with Gasteiger partial charge >= 0.3 is 17.6 Å². The van der Waals surface area contributed by atoms with Crippen LogP contribution in [0.2, 0.25) is 0 Å². The van der Waals surface area contributed by atoms with Crippen molar-refractivity contribution in [2.45, 2.75) is 0 Å². The van der Waals surface area contributed by atoms with Crippen molar-refractivity contribution in [3.63, 3.8) is 0 Å². The molecule has 0 aliphatic rings. The number of nitrogen functional groups attached to an aromatic ring is 1. The molecule has 0 saturated carbocycles. The zero-order valence-corrected chi connectivity index (χ0v) is 11.2. The number of aromatic nitrogens is 3. The van der Waals surface area contributed by atoms with Gasteiger partial charge in [-0.25, -0.2) is 9.78 Å². The van der Waals surface area contributed by atoms with Crippen molar-refractivity contribution in [3.8, 4) is 5.69 Å². The monoisotopic (exact) mass is 280 g/mol. The molecule has 6 nitrogen and oxygen atoms in total. The van der Waals surface area contributed by atoms with Gasteiger partial charge in [-0.2, -0.15) is 4.57 Å². The molecule has 3 aromatic rings. The Morgan fingerprint density at radius 1 is 1.00 bits per heavy atom. The first-order valence-corrected chi connectivity index (χ1v) is 6.43. The van der Waals surface area contributed by atoms with Gasteiger partial charge in [-0.1, -0.05) is 41.4 Å². The van der Waals surface area contributed by atoms with Crippen LogP contribution < -0.4 is 21.3 Å². The van der Waals surface area contributed by atoms with Gasteiger partial charge in [0.25, 0.3) is 0 Å². The van der Waals surface area contributed by atoms with Crippen LogP contribution in [-0.2, 0) is 0 Å². The minimum atomic E-state index is -0.355. The van der Waals surface area contributed by atoms with Crippen LogP contribution in [0.1, 0.15) is 0 Å². The summed E-state index contributed by atoms with van der Waals surface area (Å²) in [6.07, 6.45) is 0. The van der Waals surface area contributed by atoms with Gasteiger partial charge in [-0.3, -0.25) is 5.32 Å². The van der Waals surface area contributed by atoms with E-state index in [-0.39, 0.29) is 11.6 Å². The third kappa shape index (κ3) is 2.74. The normalized spacial score (nSPS) is 10.3. The highest BCUT2D eigenvalue weighted by atomic mass is 16.1. The highest BCUT2D eigenvalue weighted by molar-refractivity contribution is 5.51. The number of benzene rings is 2. The minimum absolute atomic E-state index is 0.0608. The Hall–Kier alpha value is -3.15. The zero-order chi connectivity index (χ0) is 14.7. The number of para-hydroxylation sites is 2. The number of aromatic amines is 1. The molecule has 0 atom stereocenters. The van der Waals surface area contributed by atoms with Gasteiger partial charge in [-0.15, -0.1) is 0 Å². The Labute approximate surface area is 120 Å². The van der Waals surface area contributed by atoms with Gasteiger partial charge in [0.1, 0.15) is 0 Å². The fourth-order valence-electron chi connectivity index (χ4n) is 2.00. The minimum Gasteiger partial charge on any atom is -0.349 e. The molecular weight excluding hydrogens is 266 g/mol. The van der Waals surface area contributed by atoms with E-state index in [9.17, 15) is 4.79 Å². The van der Waals surface area contributed by atoms with E-state index in [4.69, 9.17) is 5.73 Å². The standard InChI is InChI=1S/C15H13N5O/c16-13-18-14(17-11-7-3-1-4-8-11)20(15(21)19-13)12-9-5-2-6-10-12/h1-10H,(H3,16,17,18,19,21)/p+1. The molecule has 6 heteroatoms. The molecule has 1 aromatic heterocycles. The summed E-state index contributed by atoms with van der Waals surface area (Å²) in [6, 6.07) is 18.7. The molecule has 0 amide bonds. The Morgan fingerprint density at radius 2 is 1.62 bits per heavy atom. The first-order valence-electron chi connectivity index (χ1n) is 6.43. The average Bonchev–Trinajstić information content (AvgIpc) is 2.48. The van der Waals surface area contributed by atoms with E-state index in [1.54, 1.807) is 0 Å². The number of nitrogens with one attached hydrogen (secondary N) is 2. The van der Waals surface area contributed by atoms with Crippen molar-refractivity contribution < 1.29 is 4.57 Å². The van der Waals surface area contributed by atoms with E-state index in [1.807, 2.05) is 60.7 Å². The summed E-state index contributed by atoms with van der Waals surface area (Å²) in [4.78, 5) is 18.9.